The number of carbonyl (C=O) groups is 3. The molecule has 2 aliphatic carbocycles. The fraction of sp³-hybridized carbons (Fsp3) is 0.676. The lowest BCUT2D eigenvalue weighted by molar-refractivity contribution is -0.142. The Labute approximate surface area is 263 Å². The van der Waals surface area contributed by atoms with Gasteiger partial charge in [-0.1, -0.05) is 0 Å². The van der Waals surface area contributed by atoms with Crippen molar-refractivity contribution in [2.45, 2.75) is 88.5 Å². The number of alkyl halides is 1. The van der Waals surface area contributed by atoms with Crippen LogP contribution in [0.4, 0.5) is 10.1 Å². The summed E-state index contributed by atoms with van der Waals surface area (Å²) in [6.45, 7) is 0.952. The van der Waals surface area contributed by atoms with Gasteiger partial charge in [-0.05, 0) is 99.8 Å². The monoisotopic (exact) mass is 627 g/mol. The van der Waals surface area contributed by atoms with Crippen LogP contribution in [-0.4, -0.2) is 80.5 Å². The summed E-state index contributed by atoms with van der Waals surface area (Å²) in [5, 5.41) is 3.76. The fourth-order valence-corrected chi connectivity index (χ4v) is 8.05. The Morgan fingerprint density at radius 3 is 2.49 bits per heavy atom. The minimum absolute atomic E-state index is 0.0246. The van der Waals surface area contributed by atoms with E-state index in [-0.39, 0.29) is 47.5 Å². The summed E-state index contributed by atoms with van der Waals surface area (Å²) in [5.74, 6) is -0.311. The number of anilines is 1. The lowest BCUT2D eigenvalue weighted by atomic mass is 9.75. The van der Waals surface area contributed by atoms with Crippen LogP contribution in [0.2, 0.25) is 0 Å². The number of fused-ring (bicyclic) bond motifs is 1. The van der Waals surface area contributed by atoms with E-state index in [4.69, 9.17) is 24.4 Å². The van der Waals surface area contributed by atoms with Gasteiger partial charge < -0.3 is 34.6 Å². The maximum absolute atomic E-state index is 14.1. The number of carbonyl (C=O) groups excluding carboxylic acids is 3. The molecule has 1 unspecified atom stereocenters. The van der Waals surface area contributed by atoms with Crippen LogP contribution < -0.4 is 11.1 Å². The Kier molecular flexibility index (Phi) is 10.1. The third-order valence-corrected chi connectivity index (χ3v) is 10.7. The first-order valence-corrected chi connectivity index (χ1v) is 16.6. The molecule has 2 aliphatic heterocycles. The van der Waals surface area contributed by atoms with E-state index in [1.54, 1.807) is 31.4 Å². The van der Waals surface area contributed by atoms with Crippen LogP contribution in [0.1, 0.15) is 74.8 Å². The summed E-state index contributed by atoms with van der Waals surface area (Å²) in [4.78, 5) is 42.5. The first-order chi connectivity index (χ1) is 21.8. The standard InChI is InChI=1S/C34H46FN3O7/c1-42-25-9-6-20(7-10-25)27-12-14-38(33(40)22-4-2-21(3-5-22)28(36)18-35)31(27)32(39)37-24-8-11-29-23(16-24)17-30(45-29)34(41)44-26-13-15-43-19-26/h8,11,16-17,20-22,25-28,31H,2-7,9-10,12-15,18-19,36H2,1H3,(H,37,39)/t20?,21-,22-,25?,26?,27-,28+,31-/m0/s1. The molecule has 4 aliphatic rings. The zero-order chi connectivity index (χ0) is 31.5. The van der Waals surface area contributed by atoms with Crippen LogP contribution in [0.3, 0.4) is 0 Å². The molecule has 0 bridgehead atoms. The molecule has 246 valence electrons. The minimum atomic E-state index is -0.577. The Morgan fingerprint density at radius 2 is 1.80 bits per heavy atom. The predicted molar refractivity (Wildman–Crippen MR) is 165 cm³/mol. The van der Waals surface area contributed by atoms with E-state index in [0.717, 1.165) is 44.9 Å². The van der Waals surface area contributed by atoms with Crippen molar-refractivity contribution in [3.05, 3.63) is 30.0 Å². The van der Waals surface area contributed by atoms with Gasteiger partial charge in [-0.25, -0.2) is 9.18 Å². The largest absolute Gasteiger partial charge is 0.454 e. The number of nitrogens with two attached hydrogens (primary N) is 1. The molecule has 11 heteroatoms. The molecule has 2 amide bonds. The summed E-state index contributed by atoms with van der Waals surface area (Å²) >= 11 is 0. The van der Waals surface area contributed by atoms with Crippen LogP contribution in [-0.2, 0) is 23.8 Å². The van der Waals surface area contributed by atoms with Crippen LogP contribution in [0.25, 0.3) is 11.0 Å². The average molecular weight is 628 g/mol. The number of esters is 1. The molecule has 3 heterocycles. The molecule has 3 N–H and O–H groups in total. The third kappa shape index (κ3) is 7.05. The van der Waals surface area contributed by atoms with Crippen LogP contribution >= 0.6 is 0 Å². The molecule has 4 atom stereocenters. The number of hydrogen-bond acceptors (Lipinski definition) is 8. The van der Waals surface area contributed by atoms with Crippen LogP contribution in [0.5, 0.6) is 0 Å². The molecule has 0 radical (unpaired) electrons. The summed E-state index contributed by atoms with van der Waals surface area (Å²) in [6, 6.07) is 5.82. The van der Waals surface area contributed by atoms with Crippen molar-refractivity contribution in [1.82, 2.24) is 4.90 Å². The first kappa shape index (κ1) is 31.9. The maximum atomic E-state index is 14.1. The number of methoxy groups -OCH3 is 1. The van der Waals surface area contributed by atoms with Gasteiger partial charge in [0.1, 0.15) is 24.4 Å². The predicted octanol–water partition coefficient (Wildman–Crippen LogP) is 4.84. The highest BCUT2D eigenvalue weighted by molar-refractivity contribution is 6.00. The molecule has 10 nitrogen and oxygen atoms in total. The van der Waals surface area contributed by atoms with E-state index in [2.05, 4.69) is 5.32 Å². The van der Waals surface area contributed by atoms with Crippen molar-refractivity contribution >= 4 is 34.4 Å². The number of benzene rings is 1. The van der Waals surface area contributed by atoms with Crippen molar-refractivity contribution in [2.75, 3.05) is 38.9 Å². The highest BCUT2D eigenvalue weighted by Gasteiger charge is 2.47. The van der Waals surface area contributed by atoms with Crippen LogP contribution in [0, 0.1) is 23.7 Å². The van der Waals surface area contributed by atoms with Crippen molar-refractivity contribution in [1.29, 1.82) is 0 Å². The van der Waals surface area contributed by atoms with Gasteiger partial charge in [-0.3, -0.25) is 9.59 Å². The SMILES string of the molecule is COC1CCC([C@@H]2CCN(C(=O)[C@H]3CC[C@H]([C@H](N)CF)CC3)[C@@H]2C(=O)Nc2ccc3oc(C(=O)OC4CCOC4)cc3c2)CC1. The zero-order valence-corrected chi connectivity index (χ0v) is 26.1. The van der Waals surface area contributed by atoms with Gasteiger partial charge in [0.05, 0.1) is 19.3 Å². The quantitative estimate of drug-likeness (QED) is 0.378. The fourth-order valence-electron chi connectivity index (χ4n) is 8.05. The molecule has 45 heavy (non-hydrogen) atoms. The lowest BCUT2D eigenvalue weighted by Crippen LogP contribution is -2.50. The summed E-state index contributed by atoms with van der Waals surface area (Å²) < 4.78 is 35.3. The number of rotatable bonds is 9. The van der Waals surface area contributed by atoms with Gasteiger partial charge in [0, 0.05) is 43.1 Å². The van der Waals surface area contributed by atoms with E-state index < -0.39 is 24.7 Å². The molecule has 2 aromatic rings. The zero-order valence-electron chi connectivity index (χ0n) is 26.1. The maximum Gasteiger partial charge on any atom is 0.374 e. The van der Waals surface area contributed by atoms with E-state index in [1.807, 2.05) is 4.90 Å². The molecule has 6 rings (SSSR count). The van der Waals surface area contributed by atoms with Gasteiger partial charge in [0.15, 0.2) is 0 Å². The Balaban J connectivity index is 1.17. The second-order valence-electron chi connectivity index (χ2n) is 13.4. The molecule has 2 saturated heterocycles. The van der Waals surface area contributed by atoms with Crippen molar-refractivity contribution in [3.8, 4) is 0 Å². The van der Waals surface area contributed by atoms with Gasteiger partial charge >= 0.3 is 5.97 Å². The summed E-state index contributed by atoms with van der Waals surface area (Å²) in [7, 11) is 1.75. The number of ether oxygens (including phenoxy) is 3. The smallest absolute Gasteiger partial charge is 0.374 e. The lowest BCUT2D eigenvalue weighted by Gasteiger charge is -2.37. The second kappa shape index (κ2) is 14.2. The third-order valence-electron chi connectivity index (χ3n) is 10.7. The van der Waals surface area contributed by atoms with Crippen LogP contribution in [0.15, 0.2) is 28.7 Å². The molecular weight excluding hydrogens is 581 g/mol. The molecule has 1 aromatic heterocycles. The minimum Gasteiger partial charge on any atom is -0.454 e. The Morgan fingerprint density at radius 1 is 1.02 bits per heavy atom. The van der Waals surface area contributed by atoms with Gasteiger partial charge in [0.2, 0.25) is 17.6 Å². The number of nitrogens with one attached hydrogen (secondary N) is 1. The number of halogens is 1. The van der Waals surface area contributed by atoms with E-state index in [0.29, 0.717) is 61.6 Å². The topological polar surface area (TPSA) is 133 Å². The number of furan rings is 1. The molecule has 2 saturated carbocycles. The average Bonchev–Trinajstić information content (AvgIpc) is 3.84. The summed E-state index contributed by atoms with van der Waals surface area (Å²) in [6.07, 6.45) is 8.04. The van der Waals surface area contributed by atoms with Crippen molar-refractivity contribution < 1.29 is 37.4 Å². The normalized spacial score (nSPS) is 31.2. The van der Waals surface area contributed by atoms with Crippen molar-refractivity contribution in [3.63, 3.8) is 0 Å². The number of hydrogen-bond donors (Lipinski definition) is 2. The number of likely N-dealkylation sites (tertiary alicyclic amines) is 1. The number of nitrogens with zero attached hydrogens (tertiary/aromatic N) is 1. The number of amides is 2. The van der Waals surface area contributed by atoms with Gasteiger partial charge in [-0.2, -0.15) is 0 Å². The van der Waals surface area contributed by atoms with Gasteiger partial charge in [-0.15, -0.1) is 0 Å². The van der Waals surface area contributed by atoms with Crippen molar-refractivity contribution in [2.24, 2.45) is 29.4 Å². The van der Waals surface area contributed by atoms with Gasteiger partial charge in [0.25, 0.3) is 0 Å². The Hall–Kier alpha value is -3.02. The molecule has 0 spiro atoms. The molecular formula is C34H46FN3O7. The highest BCUT2D eigenvalue weighted by atomic mass is 19.1. The first-order valence-electron chi connectivity index (χ1n) is 16.6. The molecule has 1 aromatic carbocycles. The Bertz CT molecular complexity index is 1340. The molecule has 4 fully saturated rings. The van der Waals surface area contributed by atoms with E-state index >= 15 is 0 Å². The highest BCUT2D eigenvalue weighted by Crippen LogP contribution is 2.42. The summed E-state index contributed by atoms with van der Waals surface area (Å²) in [5.41, 5.74) is 7.04. The van der Waals surface area contributed by atoms with E-state index in [1.165, 1.54) is 0 Å². The second-order valence-corrected chi connectivity index (χ2v) is 13.4. The van der Waals surface area contributed by atoms with E-state index in [9.17, 15) is 18.8 Å².